The van der Waals surface area contributed by atoms with Crippen LogP contribution >= 0.6 is 0 Å². The fraction of sp³-hybridized carbons (Fsp3) is 0.316. The standard InChI is InChI=1S/C19H20F4N2O2/c1-2-9-25(10-11-27-16-6-4-3-5-13(16)20)12-17(26)24-15-8-7-14(21)18(22)19(15)23/h3-8H,2,9-12H2,1H3,(H,24,26). The van der Waals surface area contributed by atoms with Crippen molar-refractivity contribution in [2.45, 2.75) is 13.3 Å². The van der Waals surface area contributed by atoms with Crippen molar-refractivity contribution in [2.75, 3.05) is 31.6 Å². The summed E-state index contributed by atoms with van der Waals surface area (Å²) in [5.74, 6) is -5.37. The Hall–Kier alpha value is -2.61. The Bertz CT molecular complexity index is 786. The van der Waals surface area contributed by atoms with Crippen LogP contribution in [0.1, 0.15) is 13.3 Å². The van der Waals surface area contributed by atoms with E-state index in [0.717, 1.165) is 18.6 Å². The van der Waals surface area contributed by atoms with Gasteiger partial charge in [0, 0.05) is 6.54 Å². The van der Waals surface area contributed by atoms with Crippen molar-refractivity contribution in [1.82, 2.24) is 4.90 Å². The van der Waals surface area contributed by atoms with Crippen molar-refractivity contribution in [3.8, 4) is 5.75 Å². The van der Waals surface area contributed by atoms with Crippen LogP contribution in [0.5, 0.6) is 5.75 Å². The van der Waals surface area contributed by atoms with E-state index in [1.165, 1.54) is 12.1 Å². The van der Waals surface area contributed by atoms with Crippen molar-refractivity contribution in [1.29, 1.82) is 0 Å². The molecule has 1 amide bonds. The molecule has 4 nitrogen and oxygen atoms in total. The van der Waals surface area contributed by atoms with E-state index < -0.39 is 34.9 Å². The van der Waals surface area contributed by atoms with E-state index in [1.54, 1.807) is 17.0 Å². The minimum absolute atomic E-state index is 0.104. The van der Waals surface area contributed by atoms with Gasteiger partial charge in [-0.3, -0.25) is 9.69 Å². The summed E-state index contributed by atoms with van der Waals surface area (Å²) < 4.78 is 58.7. The van der Waals surface area contributed by atoms with Gasteiger partial charge in [-0.25, -0.2) is 17.6 Å². The van der Waals surface area contributed by atoms with Gasteiger partial charge in [0.05, 0.1) is 12.2 Å². The monoisotopic (exact) mass is 384 g/mol. The van der Waals surface area contributed by atoms with Crippen LogP contribution in [0.3, 0.4) is 0 Å². The molecule has 27 heavy (non-hydrogen) atoms. The predicted octanol–water partition coefficient (Wildman–Crippen LogP) is 3.97. The van der Waals surface area contributed by atoms with Crippen LogP contribution in [0.15, 0.2) is 36.4 Å². The zero-order valence-electron chi connectivity index (χ0n) is 14.8. The Kier molecular flexibility index (Phi) is 7.60. The maximum absolute atomic E-state index is 13.6. The second kappa shape index (κ2) is 9.91. The quantitative estimate of drug-likeness (QED) is 0.525. The average molecular weight is 384 g/mol. The molecule has 0 heterocycles. The molecule has 0 aliphatic heterocycles. The maximum Gasteiger partial charge on any atom is 0.238 e. The molecule has 2 rings (SSSR count). The summed E-state index contributed by atoms with van der Waals surface area (Å²) in [6.07, 6.45) is 0.743. The van der Waals surface area contributed by atoms with E-state index in [1.807, 2.05) is 6.92 Å². The van der Waals surface area contributed by atoms with Crippen molar-refractivity contribution in [2.24, 2.45) is 0 Å². The number of para-hydroxylation sites is 1. The fourth-order valence-electron chi connectivity index (χ4n) is 2.45. The van der Waals surface area contributed by atoms with Gasteiger partial charge in [0.2, 0.25) is 5.91 Å². The van der Waals surface area contributed by atoms with Crippen LogP contribution in [-0.2, 0) is 4.79 Å². The van der Waals surface area contributed by atoms with Gasteiger partial charge in [-0.2, -0.15) is 0 Å². The number of hydrogen-bond acceptors (Lipinski definition) is 3. The van der Waals surface area contributed by atoms with Crippen LogP contribution in [0.2, 0.25) is 0 Å². The van der Waals surface area contributed by atoms with Gasteiger partial charge in [-0.1, -0.05) is 19.1 Å². The Labute approximate surface area is 154 Å². The van der Waals surface area contributed by atoms with Gasteiger partial charge in [0.25, 0.3) is 0 Å². The number of rotatable bonds is 9. The zero-order chi connectivity index (χ0) is 19.8. The molecular formula is C19H20F4N2O2. The zero-order valence-corrected chi connectivity index (χ0v) is 14.8. The smallest absolute Gasteiger partial charge is 0.238 e. The highest BCUT2D eigenvalue weighted by atomic mass is 19.2. The number of hydrogen-bond donors (Lipinski definition) is 1. The molecule has 0 fully saturated rings. The first kappa shape index (κ1) is 20.7. The summed E-state index contributed by atoms with van der Waals surface area (Å²) in [5.41, 5.74) is -0.432. The summed E-state index contributed by atoms with van der Waals surface area (Å²) in [6, 6.07) is 7.66. The third-order valence-electron chi connectivity index (χ3n) is 3.72. The van der Waals surface area contributed by atoms with E-state index in [2.05, 4.69) is 5.32 Å². The lowest BCUT2D eigenvalue weighted by molar-refractivity contribution is -0.117. The summed E-state index contributed by atoms with van der Waals surface area (Å²) in [4.78, 5) is 13.8. The van der Waals surface area contributed by atoms with E-state index in [0.29, 0.717) is 13.1 Å². The Morgan fingerprint density at radius 1 is 1.00 bits per heavy atom. The minimum atomic E-state index is -1.64. The number of amides is 1. The topological polar surface area (TPSA) is 41.6 Å². The lowest BCUT2D eigenvalue weighted by Gasteiger charge is -2.21. The summed E-state index contributed by atoms with van der Waals surface area (Å²) in [7, 11) is 0. The predicted molar refractivity (Wildman–Crippen MR) is 93.6 cm³/mol. The molecule has 0 radical (unpaired) electrons. The fourth-order valence-corrected chi connectivity index (χ4v) is 2.45. The molecule has 0 saturated carbocycles. The number of anilines is 1. The first-order valence-corrected chi connectivity index (χ1v) is 8.45. The number of carbonyl (C=O) groups is 1. The molecule has 0 spiro atoms. The molecule has 2 aromatic rings. The lowest BCUT2D eigenvalue weighted by atomic mass is 10.2. The molecule has 0 atom stereocenters. The van der Waals surface area contributed by atoms with Crippen molar-refractivity contribution in [3.63, 3.8) is 0 Å². The third kappa shape index (κ3) is 5.96. The Morgan fingerprint density at radius 3 is 2.44 bits per heavy atom. The van der Waals surface area contributed by atoms with Crippen LogP contribution in [0.4, 0.5) is 23.2 Å². The van der Waals surface area contributed by atoms with E-state index in [4.69, 9.17) is 4.74 Å². The Morgan fingerprint density at radius 2 is 1.74 bits per heavy atom. The highest BCUT2D eigenvalue weighted by Gasteiger charge is 2.17. The van der Waals surface area contributed by atoms with Gasteiger partial charge in [0.15, 0.2) is 29.0 Å². The second-order valence-electron chi connectivity index (χ2n) is 5.83. The summed E-state index contributed by atoms with van der Waals surface area (Å²) in [6.45, 7) is 2.84. The number of benzene rings is 2. The molecule has 146 valence electrons. The van der Waals surface area contributed by atoms with Crippen LogP contribution < -0.4 is 10.1 Å². The number of carbonyl (C=O) groups excluding carboxylic acids is 1. The largest absolute Gasteiger partial charge is 0.489 e. The number of ether oxygens (including phenoxy) is 1. The molecule has 0 aliphatic carbocycles. The molecule has 0 aliphatic rings. The number of nitrogens with zero attached hydrogens (tertiary/aromatic N) is 1. The molecule has 0 bridgehead atoms. The molecule has 2 aromatic carbocycles. The van der Waals surface area contributed by atoms with Crippen molar-refractivity contribution in [3.05, 3.63) is 59.7 Å². The number of halogens is 4. The minimum Gasteiger partial charge on any atom is -0.489 e. The van der Waals surface area contributed by atoms with Crippen LogP contribution in [-0.4, -0.2) is 37.0 Å². The van der Waals surface area contributed by atoms with E-state index >= 15 is 0 Å². The van der Waals surface area contributed by atoms with Crippen LogP contribution in [0, 0.1) is 23.3 Å². The van der Waals surface area contributed by atoms with Gasteiger partial charge in [0.1, 0.15) is 6.61 Å². The molecule has 8 heteroatoms. The van der Waals surface area contributed by atoms with Gasteiger partial charge < -0.3 is 10.1 Å². The first-order chi connectivity index (χ1) is 12.9. The number of nitrogens with one attached hydrogen (secondary N) is 1. The van der Waals surface area contributed by atoms with E-state index in [-0.39, 0.29) is 18.9 Å². The molecule has 0 unspecified atom stereocenters. The molecule has 0 aromatic heterocycles. The molecular weight excluding hydrogens is 364 g/mol. The normalized spacial score (nSPS) is 10.9. The average Bonchev–Trinajstić information content (AvgIpc) is 2.64. The highest BCUT2D eigenvalue weighted by Crippen LogP contribution is 2.19. The Balaban J connectivity index is 1.90. The molecule has 1 N–H and O–H groups in total. The first-order valence-electron chi connectivity index (χ1n) is 8.45. The lowest BCUT2D eigenvalue weighted by Crippen LogP contribution is -2.36. The van der Waals surface area contributed by atoms with Crippen LogP contribution in [0.25, 0.3) is 0 Å². The van der Waals surface area contributed by atoms with Gasteiger partial charge >= 0.3 is 0 Å². The van der Waals surface area contributed by atoms with Crippen molar-refractivity contribution >= 4 is 11.6 Å². The highest BCUT2D eigenvalue weighted by molar-refractivity contribution is 5.92. The second-order valence-corrected chi connectivity index (χ2v) is 5.83. The third-order valence-corrected chi connectivity index (χ3v) is 3.72. The summed E-state index contributed by atoms with van der Waals surface area (Å²) in [5, 5.41) is 2.22. The SMILES string of the molecule is CCCN(CCOc1ccccc1F)CC(=O)Nc1ccc(F)c(F)c1F. The van der Waals surface area contributed by atoms with E-state index in [9.17, 15) is 22.4 Å². The van der Waals surface area contributed by atoms with Crippen molar-refractivity contribution < 1.29 is 27.1 Å². The van der Waals surface area contributed by atoms with Gasteiger partial charge in [-0.05, 0) is 37.2 Å². The molecule has 0 saturated heterocycles. The summed E-state index contributed by atoms with van der Waals surface area (Å²) >= 11 is 0. The van der Waals surface area contributed by atoms with Gasteiger partial charge in [-0.15, -0.1) is 0 Å². The maximum atomic E-state index is 13.6.